The van der Waals surface area contributed by atoms with Crippen molar-refractivity contribution >= 4 is 35.0 Å². The molecule has 1 aliphatic rings. The Hall–Kier alpha value is -2.48. The number of halogens is 3. The van der Waals surface area contributed by atoms with Crippen molar-refractivity contribution < 1.29 is 22.8 Å². The number of amides is 2. The number of benzene rings is 2. The van der Waals surface area contributed by atoms with Gasteiger partial charge in [0.05, 0.1) is 16.9 Å². The molecule has 0 radical (unpaired) electrons. The number of hydrogen-bond donors (Lipinski definition) is 2. The van der Waals surface area contributed by atoms with Gasteiger partial charge in [-0.3, -0.25) is 9.59 Å². The monoisotopic (exact) mass is 366 g/mol. The summed E-state index contributed by atoms with van der Waals surface area (Å²) in [5, 5.41) is 4.87. The zero-order chi connectivity index (χ0) is 18.2. The molecule has 3 rings (SSSR count). The molecule has 1 unspecified atom stereocenters. The first kappa shape index (κ1) is 17.3. The van der Waals surface area contributed by atoms with Crippen LogP contribution in [0.25, 0.3) is 0 Å². The molecule has 0 spiro atoms. The van der Waals surface area contributed by atoms with E-state index in [0.29, 0.717) is 10.6 Å². The molecule has 2 aromatic rings. The first-order valence-corrected chi connectivity index (χ1v) is 8.10. The summed E-state index contributed by atoms with van der Waals surface area (Å²) in [6, 6.07) is 11.6. The summed E-state index contributed by atoms with van der Waals surface area (Å²) in [4.78, 5) is 25.7. The van der Waals surface area contributed by atoms with E-state index in [4.69, 9.17) is 0 Å². The normalized spacial score (nSPS) is 19.8. The lowest BCUT2D eigenvalue weighted by Crippen LogP contribution is -2.49. The molecule has 4 nitrogen and oxygen atoms in total. The molecule has 0 saturated carbocycles. The summed E-state index contributed by atoms with van der Waals surface area (Å²) in [6.07, 6.45) is -4.61. The van der Waals surface area contributed by atoms with Crippen LogP contribution in [0.5, 0.6) is 0 Å². The molecule has 25 heavy (non-hydrogen) atoms. The number of carbonyl (C=O) groups is 2. The van der Waals surface area contributed by atoms with Gasteiger partial charge in [0, 0.05) is 4.90 Å². The van der Waals surface area contributed by atoms with Gasteiger partial charge in [-0.25, -0.2) is 0 Å². The fourth-order valence-corrected chi connectivity index (χ4v) is 3.50. The Balaban J connectivity index is 1.91. The molecule has 8 heteroatoms. The first-order chi connectivity index (χ1) is 11.7. The molecule has 0 aromatic heterocycles. The SMILES string of the molecule is CC1(C(=O)Nc2ccccc2C(F)(F)F)Sc2ccccc2NC1=O. The Morgan fingerprint density at radius 2 is 1.76 bits per heavy atom. The maximum Gasteiger partial charge on any atom is 0.418 e. The van der Waals surface area contributed by atoms with Gasteiger partial charge < -0.3 is 10.6 Å². The molecule has 0 aliphatic carbocycles. The summed E-state index contributed by atoms with van der Waals surface area (Å²) in [5.74, 6) is -1.40. The van der Waals surface area contributed by atoms with E-state index in [9.17, 15) is 22.8 Å². The minimum absolute atomic E-state index is 0.381. The Labute approximate surface area is 145 Å². The number of fused-ring (bicyclic) bond motifs is 1. The van der Waals surface area contributed by atoms with Crippen LogP contribution in [0.3, 0.4) is 0 Å². The highest BCUT2D eigenvalue weighted by atomic mass is 32.2. The topological polar surface area (TPSA) is 58.2 Å². The van der Waals surface area contributed by atoms with Gasteiger partial charge in [0.1, 0.15) is 0 Å². The van der Waals surface area contributed by atoms with E-state index >= 15 is 0 Å². The maximum atomic E-state index is 13.1. The Kier molecular flexibility index (Phi) is 4.24. The number of hydrogen-bond acceptors (Lipinski definition) is 3. The van der Waals surface area contributed by atoms with E-state index in [0.717, 1.165) is 23.9 Å². The molecule has 0 bridgehead atoms. The smallest absolute Gasteiger partial charge is 0.324 e. The lowest BCUT2D eigenvalue weighted by Gasteiger charge is -2.32. The van der Waals surface area contributed by atoms with Crippen molar-refractivity contribution in [3.8, 4) is 0 Å². The van der Waals surface area contributed by atoms with Crippen LogP contribution < -0.4 is 10.6 Å². The molecule has 130 valence electrons. The third-order valence-corrected chi connectivity index (χ3v) is 5.15. The summed E-state index contributed by atoms with van der Waals surface area (Å²) in [5.41, 5.74) is -0.777. The highest BCUT2D eigenvalue weighted by Crippen LogP contribution is 2.43. The van der Waals surface area contributed by atoms with Gasteiger partial charge in [-0.2, -0.15) is 13.2 Å². The number of para-hydroxylation sites is 2. The maximum absolute atomic E-state index is 13.1. The van der Waals surface area contributed by atoms with Crippen molar-refractivity contribution in [2.75, 3.05) is 10.6 Å². The minimum Gasteiger partial charge on any atom is -0.324 e. The largest absolute Gasteiger partial charge is 0.418 e. The average Bonchev–Trinajstić information content (AvgIpc) is 2.55. The van der Waals surface area contributed by atoms with E-state index in [1.807, 2.05) is 0 Å². The summed E-state index contributed by atoms with van der Waals surface area (Å²) < 4.78 is 37.6. The average molecular weight is 366 g/mol. The number of thioether (sulfide) groups is 1. The van der Waals surface area contributed by atoms with Gasteiger partial charge in [-0.15, -0.1) is 0 Å². The third-order valence-electron chi connectivity index (χ3n) is 3.80. The fraction of sp³-hybridized carbons (Fsp3) is 0.176. The highest BCUT2D eigenvalue weighted by Gasteiger charge is 2.46. The van der Waals surface area contributed by atoms with Gasteiger partial charge in [0.2, 0.25) is 11.8 Å². The van der Waals surface area contributed by atoms with Crippen LogP contribution in [0, 0.1) is 0 Å². The Morgan fingerprint density at radius 3 is 2.48 bits per heavy atom. The van der Waals surface area contributed by atoms with E-state index in [-0.39, 0.29) is 5.69 Å². The van der Waals surface area contributed by atoms with Crippen molar-refractivity contribution in [1.82, 2.24) is 0 Å². The summed E-state index contributed by atoms with van der Waals surface area (Å²) >= 11 is 1.00. The molecule has 2 amide bonds. The molecular formula is C17H13F3N2O2S. The molecule has 1 atom stereocenters. The Morgan fingerprint density at radius 1 is 1.12 bits per heavy atom. The van der Waals surface area contributed by atoms with Crippen LogP contribution in [0.1, 0.15) is 12.5 Å². The number of carbonyl (C=O) groups excluding carboxylic acids is 2. The number of anilines is 2. The second-order valence-electron chi connectivity index (χ2n) is 5.58. The van der Waals surface area contributed by atoms with Gasteiger partial charge in [-0.1, -0.05) is 36.0 Å². The van der Waals surface area contributed by atoms with Crippen molar-refractivity contribution in [3.05, 3.63) is 54.1 Å². The second-order valence-corrected chi connectivity index (χ2v) is 7.04. The third kappa shape index (κ3) is 3.21. The van der Waals surface area contributed by atoms with Crippen molar-refractivity contribution in [3.63, 3.8) is 0 Å². The number of alkyl halides is 3. The standard InChI is InChI=1S/C17H13F3N2O2S/c1-16(15(24)22-12-8-4-5-9-13(12)25-16)14(23)21-11-7-3-2-6-10(11)17(18,19)20/h2-9H,1H3,(H,21,23)(H,22,24). The van der Waals surface area contributed by atoms with Crippen LogP contribution in [0.4, 0.5) is 24.5 Å². The number of rotatable bonds is 2. The molecular weight excluding hydrogens is 353 g/mol. The lowest BCUT2D eigenvalue weighted by atomic mass is 10.1. The molecule has 0 fully saturated rings. The zero-order valence-corrected chi connectivity index (χ0v) is 13.8. The van der Waals surface area contributed by atoms with Crippen LogP contribution >= 0.6 is 11.8 Å². The summed E-state index contributed by atoms with van der Waals surface area (Å²) in [7, 11) is 0. The number of nitrogens with one attached hydrogen (secondary N) is 2. The summed E-state index contributed by atoms with van der Waals surface area (Å²) in [6.45, 7) is 1.38. The van der Waals surface area contributed by atoms with E-state index < -0.39 is 28.3 Å². The predicted molar refractivity (Wildman–Crippen MR) is 89.4 cm³/mol. The molecule has 0 saturated heterocycles. The molecule has 2 aromatic carbocycles. The van der Waals surface area contributed by atoms with Crippen molar-refractivity contribution in [1.29, 1.82) is 0 Å². The van der Waals surface area contributed by atoms with Crippen LogP contribution in [-0.2, 0) is 15.8 Å². The quantitative estimate of drug-likeness (QED) is 0.785. The molecule has 2 N–H and O–H groups in total. The zero-order valence-electron chi connectivity index (χ0n) is 13.0. The second kappa shape index (κ2) is 6.11. The van der Waals surface area contributed by atoms with E-state index in [1.165, 1.54) is 19.1 Å². The van der Waals surface area contributed by atoms with Gasteiger partial charge in [0.25, 0.3) is 0 Å². The van der Waals surface area contributed by atoms with Gasteiger partial charge in [-0.05, 0) is 31.2 Å². The Bertz CT molecular complexity index is 854. The molecule has 1 heterocycles. The van der Waals surface area contributed by atoms with E-state index in [1.54, 1.807) is 24.3 Å². The highest BCUT2D eigenvalue weighted by molar-refractivity contribution is 8.02. The van der Waals surface area contributed by atoms with E-state index in [2.05, 4.69) is 10.6 Å². The fourth-order valence-electron chi connectivity index (χ4n) is 2.40. The van der Waals surface area contributed by atoms with Crippen LogP contribution in [-0.4, -0.2) is 16.6 Å². The van der Waals surface area contributed by atoms with Crippen LogP contribution in [0.15, 0.2) is 53.4 Å². The minimum atomic E-state index is -4.61. The van der Waals surface area contributed by atoms with Crippen LogP contribution in [0.2, 0.25) is 0 Å². The predicted octanol–water partition coefficient (Wildman–Crippen LogP) is 4.15. The van der Waals surface area contributed by atoms with Gasteiger partial charge in [0.15, 0.2) is 4.75 Å². The van der Waals surface area contributed by atoms with Crippen molar-refractivity contribution in [2.24, 2.45) is 0 Å². The first-order valence-electron chi connectivity index (χ1n) is 7.29. The molecule has 1 aliphatic heterocycles. The van der Waals surface area contributed by atoms with Gasteiger partial charge >= 0.3 is 6.18 Å². The lowest BCUT2D eigenvalue weighted by molar-refractivity contribution is -0.137. The van der Waals surface area contributed by atoms with Crippen molar-refractivity contribution in [2.45, 2.75) is 22.7 Å².